The zero-order chi connectivity index (χ0) is 9.97. The molecule has 0 amide bonds. The molecule has 0 radical (unpaired) electrons. The van der Waals surface area contributed by atoms with E-state index in [0.717, 1.165) is 5.92 Å². The largest absolute Gasteiger partial charge is 0.324 e. The molecule has 1 saturated carbocycles. The van der Waals surface area contributed by atoms with Crippen LogP contribution in [0.4, 0.5) is 0 Å². The molecule has 0 unspecified atom stereocenters. The van der Waals surface area contributed by atoms with Crippen molar-refractivity contribution in [2.45, 2.75) is 38.6 Å². The lowest BCUT2D eigenvalue weighted by molar-refractivity contribution is 0.443. The highest BCUT2D eigenvalue weighted by atomic mass is 14.7. The summed E-state index contributed by atoms with van der Waals surface area (Å²) in [6.07, 6.45) is 5.36. The molecule has 1 heteroatoms. The average Bonchev–Trinajstić information content (AvgIpc) is 2.70. The summed E-state index contributed by atoms with van der Waals surface area (Å²) in [4.78, 5) is 0. The topological polar surface area (TPSA) is 26.0 Å². The van der Waals surface area contributed by atoms with Gasteiger partial charge >= 0.3 is 0 Å². The molecule has 1 fully saturated rings. The van der Waals surface area contributed by atoms with E-state index in [1.165, 1.54) is 36.8 Å². The number of hydrogen-bond donors (Lipinski definition) is 1. The number of aryl methyl sites for hydroxylation is 1. The first-order valence-corrected chi connectivity index (χ1v) is 5.60. The van der Waals surface area contributed by atoms with Crippen LogP contribution < -0.4 is 5.73 Å². The standard InChI is InChI=1S/C13H19N/c1-10-6-2-5-9-12(10)13(14)11-7-3-4-8-11/h2,5-6,9,11,13H,3-4,7-8,14H2,1H3/t13-/m0/s1. The quantitative estimate of drug-likeness (QED) is 0.759. The first kappa shape index (κ1) is 9.72. The molecule has 1 nitrogen and oxygen atoms in total. The molecule has 0 bridgehead atoms. The molecule has 0 saturated heterocycles. The van der Waals surface area contributed by atoms with Gasteiger partial charge in [-0.05, 0) is 36.8 Å². The van der Waals surface area contributed by atoms with Gasteiger partial charge in [0, 0.05) is 6.04 Å². The predicted octanol–water partition coefficient (Wildman–Crippen LogP) is 3.19. The summed E-state index contributed by atoms with van der Waals surface area (Å²) < 4.78 is 0. The van der Waals surface area contributed by atoms with Crippen LogP contribution in [0.2, 0.25) is 0 Å². The highest BCUT2D eigenvalue weighted by Gasteiger charge is 2.23. The van der Waals surface area contributed by atoms with Gasteiger partial charge < -0.3 is 5.73 Å². The second-order valence-electron chi connectivity index (χ2n) is 4.43. The van der Waals surface area contributed by atoms with Crippen molar-refractivity contribution < 1.29 is 0 Å². The fourth-order valence-electron chi connectivity index (χ4n) is 2.53. The van der Waals surface area contributed by atoms with E-state index >= 15 is 0 Å². The number of benzene rings is 1. The normalized spacial score (nSPS) is 19.9. The Labute approximate surface area is 86.3 Å². The van der Waals surface area contributed by atoms with Gasteiger partial charge in [0.1, 0.15) is 0 Å². The van der Waals surface area contributed by atoms with Gasteiger partial charge in [-0.15, -0.1) is 0 Å². The molecule has 2 rings (SSSR count). The second-order valence-corrected chi connectivity index (χ2v) is 4.43. The minimum absolute atomic E-state index is 0.263. The zero-order valence-corrected chi connectivity index (χ0v) is 8.87. The highest BCUT2D eigenvalue weighted by molar-refractivity contribution is 5.29. The van der Waals surface area contributed by atoms with Crippen molar-refractivity contribution in [1.29, 1.82) is 0 Å². The monoisotopic (exact) mass is 189 g/mol. The molecule has 2 N–H and O–H groups in total. The third-order valence-electron chi connectivity index (χ3n) is 3.46. The maximum Gasteiger partial charge on any atom is 0.0326 e. The molecule has 1 aliphatic rings. The molecule has 0 aromatic heterocycles. The van der Waals surface area contributed by atoms with E-state index in [2.05, 4.69) is 31.2 Å². The molecule has 1 aromatic rings. The SMILES string of the molecule is Cc1ccccc1[C@@H](N)C1CCCC1. The smallest absolute Gasteiger partial charge is 0.0326 e. The minimum Gasteiger partial charge on any atom is -0.324 e. The maximum absolute atomic E-state index is 6.30. The van der Waals surface area contributed by atoms with Crippen molar-refractivity contribution in [1.82, 2.24) is 0 Å². The molecule has 1 atom stereocenters. The molecule has 1 aliphatic carbocycles. The van der Waals surface area contributed by atoms with E-state index < -0.39 is 0 Å². The predicted molar refractivity (Wildman–Crippen MR) is 60.1 cm³/mol. The molecular weight excluding hydrogens is 170 g/mol. The number of nitrogens with two attached hydrogens (primary N) is 1. The van der Waals surface area contributed by atoms with Crippen molar-refractivity contribution in [2.24, 2.45) is 11.7 Å². The Morgan fingerprint density at radius 2 is 1.86 bits per heavy atom. The van der Waals surface area contributed by atoms with Gasteiger partial charge in [0.15, 0.2) is 0 Å². The van der Waals surface area contributed by atoms with Crippen molar-refractivity contribution in [3.8, 4) is 0 Å². The molecular formula is C13H19N. The summed E-state index contributed by atoms with van der Waals surface area (Å²) in [5, 5.41) is 0. The first-order valence-electron chi connectivity index (χ1n) is 5.60. The lowest BCUT2D eigenvalue weighted by Gasteiger charge is -2.20. The highest BCUT2D eigenvalue weighted by Crippen LogP contribution is 2.34. The van der Waals surface area contributed by atoms with Gasteiger partial charge in [-0.25, -0.2) is 0 Å². The van der Waals surface area contributed by atoms with Crippen LogP contribution >= 0.6 is 0 Å². The zero-order valence-electron chi connectivity index (χ0n) is 8.87. The fraction of sp³-hybridized carbons (Fsp3) is 0.538. The molecule has 1 aromatic carbocycles. The second kappa shape index (κ2) is 4.14. The molecule has 14 heavy (non-hydrogen) atoms. The minimum atomic E-state index is 0.263. The van der Waals surface area contributed by atoms with Crippen molar-refractivity contribution in [3.05, 3.63) is 35.4 Å². The van der Waals surface area contributed by atoms with Crippen LogP contribution in [0.5, 0.6) is 0 Å². The van der Waals surface area contributed by atoms with Crippen LogP contribution in [0.25, 0.3) is 0 Å². The summed E-state index contributed by atoms with van der Waals surface area (Å²) in [5.41, 5.74) is 8.99. The lowest BCUT2D eigenvalue weighted by atomic mass is 9.90. The van der Waals surface area contributed by atoms with E-state index in [1.54, 1.807) is 0 Å². The van der Waals surface area contributed by atoms with Gasteiger partial charge in [-0.3, -0.25) is 0 Å². The number of hydrogen-bond acceptors (Lipinski definition) is 1. The molecule has 0 heterocycles. The van der Waals surface area contributed by atoms with E-state index in [9.17, 15) is 0 Å². The van der Waals surface area contributed by atoms with Gasteiger partial charge in [0.05, 0.1) is 0 Å². The summed E-state index contributed by atoms with van der Waals surface area (Å²) in [6.45, 7) is 2.16. The van der Waals surface area contributed by atoms with Gasteiger partial charge in [0.25, 0.3) is 0 Å². The molecule has 76 valence electrons. The van der Waals surface area contributed by atoms with E-state index in [1.807, 2.05) is 0 Å². The summed E-state index contributed by atoms with van der Waals surface area (Å²) in [5.74, 6) is 0.719. The van der Waals surface area contributed by atoms with Crippen LogP contribution in [0.3, 0.4) is 0 Å². The maximum atomic E-state index is 6.30. The Morgan fingerprint density at radius 1 is 1.21 bits per heavy atom. The average molecular weight is 189 g/mol. The Hall–Kier alpha value is -0.820. The van der Waals surface area contributed by atoms with Crippen LogP contribution in [0.1, 0.15) is 42.9 Å². The van der Waals surface area contributed by atoms with Crippen LogP contribution in [0.15, 0.2) is 24.3 Å². The van der Waals surface area contributed by atoms with Crippen LogP contribution in [-0.2, 0) is 0 Å². The summed E-state index contributed by atoms with van der Waals surface area (Å²) in [6, 6.07) is 8.78. The van der Waals surface area contributed by atoms with Gasteiger partial charge in [-0.1, -0.05) is 37.1 Å². The molecule has 0 aliphatic heterocycles. The summed E-state index contributed by atoms with van der Waals surface area (Å²) >= 11 is 0. The Bertz CT molecular complexity index is 300. The van der Waals surface area contributed by atoms with E-state index in [4.69, 9.17) is 5.73 Å². The van der Waals surface area contributed by atoms with Crippen LogP contribution in [0, 0.1) is 12.8 Å². The first-order chi connectivity index (χ1) is 6.79. The van der Waals surface area contributed by atoms with Crippen molar-refractivity contribution >= 4 is 0 Å². The lowest BCUT2D eigenvalue weighted by Crippen LogP contribution is -2.19. The summed E-state index contributed by atoms with van der Waals surface area (Å²) in [7, 11) is 0. The number of rotatable bonds is 2. The van der Waals surface area contributed by atoms with Crippen molar-refractivity contribution in [3.63, 3.8) is 0 Å². The Balaban J connectivity index is 2.17. The third kappa shape index (κ3) is 1.83. The van der Waals surface area contributed by atoms with Gasteiger partial charge in [-0.2, -0.15) is 0 Å². The fourth-order valence-corrected chi connectivity index (χ4v) is 2.53. The Morgan fingerprint density at radius 3 is 2.50 bits per heavy atom. The van der Waals surface area contributed by atoms with E-state index in [-0.39, 0.29) is 6.04 Å². The van der Waals surface area contributed by atoms with Crippen molar-refractivity contribution in [2.75, 3.05) is 0 Å². The Kier molecular flexibility index (Phi) is 2.87. The van der Waals surface area contributed by atoms with E-state index in [0.29, 0.717) is 0 Å². The van der Waals surface area contributed by atoms with Crippen LogP contribution in [-0.4, -0.2) is 0 Å². The third-order valence-corrected chi connectivity index (χ3v) is 3.46. The molecule has 0 spiro atoms. The van der Waals surface area contributed by atoms with Gasteiger partial charge in [0.2, 0.25) is 0 Å².